The summed E-state index contributed by atoms with van der Waals surface area (Å²) >= 11 is 0. The molecule has 0 aromatic carbocycles. The highest BCUT2D eigenvalue weighted by Gasteiger charge is 2.33. The summed E-state index contributed by atoms with van der Waals surface area (Å²) in [5, 5.41) is 7.03. The lowest BCUT2D eigenvalue weighted by molar-refractivity contribution is -0.119. The van der Waals surface area contributed by atoms with Crippen molar-refractivity contribution in [2.75, 3.05) is 18.4 Å². The normalized spacial score (nSPS) is 17.8. The Hall–Kier alpha value is -2.64. The van der Waals surface area contributed by atoms with Gasteiger partial charge in [-0.1, -0.05) is 0 Å². The number of hydrogen-bond acceptors (Lipinski definition) is 5. The van der Waals surface area contributed by atoms with E-state index in [1.807, 2.05) is 33.8 Å². The lowest BCUT2D eigenvalue weighted by atomic mass is 10.1. The number of aryl methyl sites for hydroxylation is 1. The first-order chi connectivity index (χ1) is 11.7. The van der Waals surface area contributed by atoms with Crippen LogP contribution in [0, 0.1) is 12.8 Å². The van der Waals surface area contributed by atoms with Gasteiger partial charge in [-0.2, -0.15) is 5.10 Å². The van der Waals surface area contributed by atoms with Crippen LogP contribution in [0.5, 0.6) is 0 Å². The van der Waals surface area contributed by atoms with Crippen LogP contribution in [-0.4, -0.2) is 50.2 Å². The average Bonchev–Trinajstić information content (AvgIpc) is 3.16. The number of hydrogen-bond donors (Lipinski definition) is 1. The number of pyridine rings is 1. The Morgan fingerprint density at radius 2 is 2.12 bits per heavy atom. The number of ether oxygens (including phenoxy) is 1. The molecule has 2 amide bonds. The molecule has 134 valence electrons. The number of rotatable bonds is 2. The van der Waals surface area contributed by atoms with E-state index >= 15 is 0 Å². The summed E-state index contributed by atoms with van der Waals surface area (Å²) < 4.78 is 6.98. The molecule has 0 aliphatic carbocycles. The maximum Gasteiger partial charge on any atom is 0.410 e. The van der Waals surface area contributed by atoms with Gasteiger partial charge in [-0.3, -0.25) is 4.79 Å². The summed E-state index contributed by atoms with van der Waals surface area (Å²) in [6.07, 6.45) is 3.48. The molecule has 1 aliphatic heterocycles. The van der Waals surface area contributed by atoms with Crippen molar-refractivity contribution in [3.8, 4) is 0 Å². The van der Waals surface area contributed by atoms with Crippen molar-refractivity contribution >= 4 is 23.3 Å². The topological polar surface area (TPSA) is 88.8 Å². The van der Waals surface area contributed by atoms with Gasteiger partial charge in [-0.15, -0.1) is 0 Å². The summed E-state index contributed by atoms with van der Waals surface area (Å²) in [5.41, 5.74) is 1.63. The number of amides is 2. The monoisotopic (exact) mass is 345 g/mol. The molecule has 0 saturated carbocycles. The molecule has 25 heavy (non-hydrogen) atoms. The van der Waals surface area contributed by atoms with Crippen LogP contribution >= 0.6 is 0 Å². The molecular formula is C17H23N5O3. The number of nitrogens with one attached hydrogen (secondary N) is 1. The fraction of sp³-hybridized carbons (Fsp3) is 0.529. The first kappa shape index (κ1) is 17.2. The third-order valence-corrected chi connectivity index (χ3v) is 4.12. The third kappa shape index (κ3) is 3.72. The maximum absolute atomic E-state index is 12.6. The zero-order valence-electron chi connectivity index (χ0n) is 14.9. The van der Waals surface area contributed by atoms with Crippen LogP contribution < -0.4 is 5.32 Å². The Balaban J connectivity index is 1.67. The highest BCUT2D eigenvalue weighted by atomic mass is 16.6. The fourth-order valence-electron chi connectivity index (χ4n) is 2.83. The average molecular weight is 345 g/mol. The number of aromatic nitrogens is 3. The summed E-state index contributed by atoms with van der Waals surface area (Å²) in [5.74, 6) is -0.389. The second-order valence-electron chi connectivity index (χ2n) is 7.30. The molecule has 1 fully saturated rings. The van der Waals surface area contributed by atoms with Crippen molar-refractivity contribution in [2.24, 2.45) is 5.92 Å². The maximum atomic E-state index is 12.6. The van der Waals surface area contributed by atoms with Crippen LogP contribution in [0.4, 0.5) is 10.5 Å². The second kappa shape index (κ2) is 6.34. The largest absolute Gasteiger partial charge is 0.444 e. The van der Waals surface area contributed by atoms with Gasteiger partial charge < -0.3 is 15.0 Å². The quantitative estimate of drug-likeness (QED) is 0.901. The second-order valence-corrected chi connectivity index (χ2v) is 7.30. The van der Waals surface area contributed by atoms with Gasteiger partial charge in [-0.05, 0) is 45.7 Å². The van der Waals surface area contributed by atoms with Crippen molar-refractivity contribution < 1.29 is 14.3 Å². The van der Waals surface area contributed by atoms with Gasteiger partial charge in [-0.25, -0.2) is 14.3 Å². The SMILES string of the molecule is Cc1ccn2ncnc2c1NC(=O)C1CCN(C(=O)OC(C)(C)C)C1. The Labute approximate surface area is 146 Å². The summed E-state index contributed by atoms with van der Waals surface area (Å²) in [6, 6.07) is 1.87. The van der Waals surface area contributed by atoms with Gasteiger partial charge >= 0.3 is 6.09 Å². The van der Waals surface area contributed by atoms with Crippen molar-refractivity contribution in [2.45, 2.75) is 39.7 Å². The molecule has 8 heteroatoms. The van der Waals surface area contributed by atoms with Crippen LogP contribution in [0.3, 0.4) is 0 Å². The van der Waals surface area contributed by atoms with Crippen molar-refractivity contribution in [1.82, 2.24) is 19.5 Å². The molecule has 2 aromatic rings. The van der Waals surface area contributed by atoms with E-state index in [0.29, 0.717) is 30.8 Å². The minimum Gasteiger partial charge on any atom is -0.444 e. The Morgan fingerprint density at radius 3 is 2.84 bits per heavy atom. The predicted molar refractivity (Wildman–Crippen MR) is 92.3 cm³/mol. The van der Waals surface area contributed by atoms with Gasteiger partial charge in [0, 0.05) is 19.3 Å². The van der Waals surface area contributed by atoms with Crippen LogP contribution in [-0.2, 0) is 9.53 Å². The van der Waals surface area contributed by atoms with E-state index in [0.717, 1.165) is 5.56 Å². The van der Waals surface area contributed by atoms with E-state index in [-0.39, 0.29) is 17.9 Å². The number of likely N-dealkylation sites (tertiary alicyclic amines) is 1. The number of carbonyl (C=O) groups excluding carboxylic acids is 2. The number of nitrogens with zero attached hydrogens (tertiary/aromatic N) is 4. The van der Waals surface area contributed by atoms with E-state index in [1.165, 1.54) is 6.33 Å². The molecule has 3 heterocycles. The Kier molecular flexibility index (Phi) is 4.36. The fourth-order valence-corrected chi connectivity index (χ4v) is 2.83. The minimum atomic E-state index is -0.544. The molecule has 1 unspecified atom stereocenters. The van der Waals surface area contributed by atoms with Crippen LogP contribution in [0.2, 0.25) is 0 Å². The van der Waals surface area contributed by atoms with E-state index < -0.39 is 5.60 Å². The van der Waals surface area contributed by atoms with Gasteiger partial charge in [0.2, 0.25) is 5.91 Å². The first-order valence-electron chi connectivity index (χ1n) is 8.32. The molecule has 1 atom stereocenters. The Morgan fingerprint density at radius 1 is 1.36 bits per heavy atom. The number of anilines is 1. The van der Waals surface area contributed by atoms with Crippen LogP contribution in [0.1, 0.15) is 32.8 Å². The lowest BCUT2D eigenvalue weighted by Crippen LogP contribution is -2.36. The van der Waals surface area contributed by atoms with Gasteiger partial charge in [0.15, 0.2) is 5.65 Å². The lowest BCUT2D eigenvalue weighted by Gasteiger charge is -2.24. The highest BCUT2D eigenvalue weighted by molar-refractivity contribution is 5.97. The molecule has 3 rings (SSSR count). The summed E-state index contributed by atoms with van der Waals surface area (Å²) in [4.78, 5) is 30.5. The molecule has 0 bridgehead atoms. The molecule has 0 radical (unpaired) electrons. The molecule has 0 spiro atoms. The molecule has 1 N–H and O–H groups in total. The van der Waals surface area contributed by atoms with Gasteiger partial charge in [0.25, 0.3) is 0 Å². The first-order valence-corrected chi connectivity index (χ1v) is 8.32. The van der Waals surface area contributed by atoms with E-state index in [2.05, 4.69) is 15.4 Å². The predicted octanol–water partition coefficient (Wildman–Crippen LogP) is 2.23. The molecule has 1 saturated heterocycles. The van der Waals surface area contributed by atoms with Gasteiger partial charge in [0.1, 0.15) is 11.9 Å². The summed E-state index contributed by atoms with van der Waals surface area (Å²) in [6.45, 7) is 8.26. The number of carbonyl (C=O) groups is 2. The third-order valence-electron chi connectivity index (χ3n) is 4.12. The molecular weight excluding hydrogens is 322 g/mol. The molecule has 8 nitrogen and oxygen atoms in total. The minimum absolute atomic E-state index is 0.120. The van der Waals surface area contributed by atoms with Crippen molar-refractivity contribution in [3.05, 3.63) is 24.2 Å². The van der Waals surface area contributed by atoms with Crippen molar-refractivity contribution in [1.29, 1.82) is 0 Å². The van der Waals surface area contributed by atoms with Crippen LogP contribution in [0.25, 0.3) is 5.65 Å². The summed E-state index contributed by atoms with van der Waals surface area (Å²) in [7, 11) is 0. The van der Waals surface area contributed by atoms with Crippen LogP contribution in [0.15, 0.2) is 18.6 Å². The van der Waals surface area contributed by atoms with Crippen molar-refractivity contribution in [3.63, 3.8) is 0 Å². The van der Waals surface area contributed by atoms with E-state index in [4.69, 9.17) is 4.74 Å². The zero-order valence-corrected chi connectivity index (χ0v) is 14.9. The Bertz CT molecular complexity index is 808. The standard InChI is InChI=1S/C17H23N5O3/c1-11-5-8-22-14(18-10-19-22)13(11)20-15(23)12-6-7-21(9-12)16(24)25-17(2,3)4/h5,8,10,12H,6-7,9H2,1-4H3,(H,20,23). The van der Waals surface area contributed by atoms with Gasteiger partial charge in [0.05, 0.1) is 11.6 Å². The molecule has 2 aromatic heterocycles. The molecule has 1 aliphatic rings. The highest BCUT2D eigenvalue weighted by Crippen LogP contribution is 2.24. The van der Waals surface area contributed by atoms with E-state index in [9.17, 15) is 9.59 Å². The van der Waals surface area contributed by atoms with E-state index in [1.54, 1.807) is 15.6 Å². The smallest absolute Gasteiger partial charge is 0.410 e. The number of fused-ring (bicyclic) bond motifs is 1. The zero-order chi connectivity index (χ0) is 18.2.